The molecule has 0 aliphatic heterocycles. The molecule has 3 rings (SSSR count). The van der Waals surface area contributed by atoms with E-state index in [1.807, 2.05) is 6.07 Å². The lowest BCUT2D eigenvalue weighted by atomic mass is 10.1. The van der Waals surface area contributed by atoms with Crippen molar-refractivity contribution in [1.82, 2.24) is 0 Å². The summed E-state index contributed by atoms with van der Waals surface area (Å²) < 4.78 is 18.9. The van der Waals surface area contributed by atoms with Crippen LogP contribution in [0.5, 0.6) is 5.75 Å². The number of anilines is 1. The topological polar surface area (TPSA) is 62.1 Å². The molecule has 1 N–H and O–H groups in total. The minimum atomic E-state index is -0.594. The number of nitrogens with one attached hydrogen (secondary N) is 1. The molecular formula is C23H14Cl3FN2O2. The van der Waals surface area contributed by atoms with Gasteiger partial charge in [-0.3, -0.25) is 4.79 Å². The zero-order valence-electron chi connectivity index (χ0n) is 15.8. The number of halogens is 4. The summed E-state index contributed by atoms with van der Waals surface area (Å²) in [6, 6.07) is 17.3. The molecule has 31 heavy (non-hydrogen) atoms. The summed E-state index contributed by atoms with van der Waals surface area (Å²) in [6.07, 6.45) is 1.36. The maximum Gasteiger partial charge on any atom is 0.266 e. The number of carbonyl (C=O) groups is 1. The molecule has 3 aromatic rings. The quantitative estimate of drug-likeness (QED) is 0.311. The molecule has 0 saturated heterocycles. The number of benzene rings is 3. The molecule has 0 fully saturated rings. The van der Waals surface area contributed by atoms with Gasteiger partial charge >= 0.3 is 0 Å². The lowest BCUT2D eigenvalue weighted by Gasteiger charge is -2.11. The monoisotopic (exact) mass is 474 g/mol. The molecule has 0 unspecified atom stereocenters. The highest BCUT2D eigenvalue weighted by Crippen LogP contribution is 2.35. The van der Waals surface area contributed by atoms with Crippen molar-refractivity contribution in [3.05, 3.63) is 98.2 Å². The van der Waals surface area contributed by atoms with Crippen molar-refractivity contribution in [3.8, 4) is 11.8 Å². The van der Waals surface area contributed by atoms with Gasteiger partial charge in [-0.1, -0.05) is 46.9 Å². The van der Waals surface area contributed by atoms with Gasteiger partial charge in [0.1, 0.15) is 24.1 Å². The summed E-state index contributed by atoms with van der Waals surface area (Å²) in [5, 5.41) is 12.9. The predicted molar refractivity (Wildman–Crippen MR) is 121 cm³/mol. The number of nitrogens with zero attached hydrogens (tertiary/aromatic N) is 1. The van der Waals surface area contributed by atoms with Crippen LogP contribution in [0.25, 0.3) is 6.08 Å². The van der Waals surface area contributed by atoms with Gasteiger partial charge in [-0.25, -0.2) is 4.39 Å². The summed E-state index contributed by atoms with van der Waals surface area (Å²) in [5.74, 6) is -0.753. The average molecular weight is 476 g/mol. The highest BCUT2D eigenvalue weighted by Gasteiger charge is 2.13. The van der Waals surface area contributed by atoms with Crippen LogP contribution in [0.1, 0.15) is 11.1 Å². The van der Waals surface area contributed by atoms with Gasteiger partial charge in [0.15, 0.2) is 5.75 Å². The van der Waals surface area contributed by atoms with Gasteiger partial charge in [0.05, 0.1) is 10.0 Å². The maximum atomic E-state index is 13.3. The first-order chi connectivity index (χ1) is 14.9. The fourth-order valence-electron chi connectivity index (χ4n) is 2.63. The maximum absolute atomic E-state index is 13.3. The Balaban J connectivity index is 1.76. The van der Waals surface area contributed by atoms with Gasteiger partial charge < -0.3 is 10.1 Å². The molecule has 0 aliphatic carbocycles. The summed E-state index contributed by atoms with van der Waals surface area (Å²) in [5.41, 5.74) is 1.40. The number of rotatable bonds is 6. The van der Waals surface area contributed by atoms with Gasteiger partial charge in [0, 0.05) is 10.7 Å². The lowest BCUT2D eigenvalue weighted by molar-refractivity contribution is -0.112. The van der Waals surface area contributed by atoms with Gasteiger partial charge in [-0.15, -0.1) is 0 Å². The second kappa shape index (κ2) is 10.3. The third kappa shape index (κ3) is 6.22. The van der Waals surface area contributed by atoms with E-state index in [9.17, 15) is 14.4 Å². The van der Waals surface area contributed by atoms with E-state index in [-0.39, 0.29) is 33.8 Å². The molecule has 1 amide bonds. The predicted octanol–water partition coefficient (Wildman–Crippen LogP) is 6.91. The van der Waals surface area contributed by atoms with Crippen molar-refractivity contribution in [1.29, 1.82) is 5.26 Å². The summed E-state index contributed by atoms with van der Waals surface area (Å²) in [6.45, 7) is 0.0688. The molecule has 4 nitrogen and oxygen atoms in total. The van der Waals surface area contributed by atoms with E-state index in [1.54, 1.807) is 36.4 Å². The molecule has 8 heteroatoms. The minimum Gasteiger partial charge on any atom is -0.486 e. The van der Waals surface area contributed by atoms with Crippen LogP contribution in [0.2, 0.25) is 15.1 Å². The van der Waals surface area contributed by atoms with Crippen molar-refractivity contribution in [2.75, 3.05) is 5.32 Å². The molecule has 0 aliphatic rings. The average Bonchev–Trinajstić information content (AvgIpc) is 2.73. The second-order valence-corrected chi connectivity index (χ2v) is 7.61. The van der Waals surface area contributed by atoms with Crippen molar-refractivity contribution >= 4 is 52.5 Å². The first-order valence-electron chi connectivity index (χ1n) is 8.90. The Morgan fingerprint density at radius 2 is 1.74 bits per heavy atom. The Kier molecular flexibility index (Phi) is 7.54. The van der Waals surface area contributed by atoms with Crippen LogP contribution in [0.3, 0.4) is 0 Å². The highest BCUT2D eigenvalue weighted by atomic mass is 35.5. The third-order valence-corrected chi connectivity index (χ3v) is 4.88. The van der Waals surface area contributed by atoms with Crippen molar-refractivity contribution in [2.45, 2.75) is 6.61 Å². The molecule has 0 spiro atoms. The molecule has 0 atom stereocenters. The van der Waals surface area contributed by atoms with Crippen LogP contribution < -0.4 is 10.1 Å². The Morgan fingerprint density at radius 1 is 1.06 bits per heavy atom. The normalized spacial score (nSPS) is 11.0. The number of carbonyl (C=O) groups excluding carboxylic acids is 1. The number of hydrogen-bond donors (Lipinski definition) is 1. The number of amides is 1. The molecule has 3 aromatic carbocycles. The van der Waals surface area contributed by atoms with E-state index < -0.39 is 5.91 Å². The molecule has 0 aromatic heterocycles. The molecule has 0 radical (unpaired) electrons. The minimum absolute atomic E-state index is 0.0688. The van der Waals surface area contributed by atoms with Gasteiger partial charge in [-0.05, 0) is 65.7 Å². The smallest absolute Gasteiger partial charge is 0.266 e. The third-order valence-electron chi connectivity index (χ3n) is 4.07. The largest absolute Gasteiger partial charge is 0.486 e. The second-order valence-electron chi connectivity index (χ2n) is 6.36. The van der Waals surface area contributed by atoms with Crippen LogP contribution >= 0.6 is 34.8 Å². The molecule has 0 bridgehead atoms. The fourth-order valence-corrected chi connectivity index (χ4v) is 3.37. The molecule has 156 valence electrons. The molecular weight excluding hydrogens is 462 g/mol. The Hall–Kier alpha value is -3.04. The van der Waals surface area contributed by atoms with Crippen LogP contribution in [0.4, 0.5) is 10.1 Å². The Labute approximate surface area is 193 Å². The Morgan fingerprint density at radius 3 is 2.35 bits per heavy atom. The van der Waals surface area contributed by atoms with E-state index in [0.29, 0.717) is 21.8 Å². The van der Waals surface area contributed by atoms with Gasteiger partial charge in [-0.2, -0.15) is 5.26 Å². The van der Waals surface area contributed by atoms with E-state index in [0.717, 1.165) is 0 Å². The van der Waals surface area contributed by atoms with Crippen molar-refractivity contribution in [3.63, 3.8) is 0 Å². The highest BCUT2D eigenvalue weighted by molar-refractivity contribution is 6.37. The zero-order valence-corrected chi connectivity index (χ0v) is 18.1. The van der Waals surface area contributed by atoms with Crippen LogP contribution in [-0.2, 0) is 11.4 Å². The molecule has 0 heterocycles. The standard InChI is InChI=1S/C23H14Cl3FN2O2/c24-17-4-6-19(7-5-17)29-23(30)16(12-28)8-15-10-20(25)22(21(26)11-15)31-13-14-2-1-3-18(27)9-14/h1-11H,13H2,(H,29,30)/b16-8-. The van der Waals surface area contributed by atoms with Gasteiger partial charge in [0.2, 0.25) is 0 Å². The van der Waals surface area contributed by atoms with E-state index in [1.165, 1.54) is 30.3 Å². The fraction of sp³-hybridized carbons (Fsp3) is 0.0435. The van der Waals surface area contributed by atoms with Gasteiger partial charge in [0.25, 0.3) is 5.91 Å². The number of ether oxygens (including phenoxy) is 1. The van der Waals surface area contributed by atoms with Crippen LogP contribution in [0, 0.1) is 17.1 Å². The molecule has 0 saturated carbocycles. The van der Waals surface area contributed by atoms with Crippen molar-refractivity contribution in [2.24, 2.45) is 0 Å². The zero-order chi connectivity index (χ0) is 22.4. The first kappa shape index (κ1) is 22.6. The number of nitriles is 1. The van der Waals surface area contributed by atoms with Crippen molar-refractivity contribution < 1.29 is 13.9 Å². The van der Waals surface area contributed by atoms with Crippen LogP contribution in [0.15, 0.2) is 66.2 Å². The van der Waals surface area contributed by atoms with E-state index in [4.69, 9.17) is 39.5 Å². The van der Waals surface area contributed by atoms with Crippen LogP contribution in [-0.4, -0.2) is 5.91 Å². The van der Waals surface area contributed by atoms with E-state index >= 15 is 0 Å². The van der Waals surface area contributed by atoms with E-state index in [2.05, 4.69) is 5.32 Å². The Bertz CT molecular complexity index is 1170. The summed E-state index contributed by atoms with van der Waals surface area (Å²) in [4.78, 5) is 12.4. The summed E-state index contributed by atoms with van der Waals surface area (Å²) >= 11 is 18.4. The lowest BCUT2D eigenvalue weighted by Crippen LogP contribution is -2.13. The first-order valence-corrected chi connectivity index (χ1v) is 10.0. The number of hydrogen-bond acceptors (Lipinski definition) is 3. The summed E-state index contributed by atoms with van der Waals surface area (Å²) in [7, 11) is 0. The SMILES string of the molecule is N#C/C(=C/c1cc(Cl)c(OCc2cccc(F)c2)c(Cl)c1)C(=O)Nc1ccc(Cl)cc1.